The molecular formula is C17H28N5O4+. The number of quaternary nitrogens is 1. The Hall–Kier alpha value is -2.00. The average Bonchev–Trinajstić information content (AvgIpc) is 3.12. The van der Waals surface area contributed by atoms with E-state index < -0.39 is 10.3 Å². The summed E-state index contributed by atoms with van der Waals surface area (Å²) in [5.41, 5.74) is 0.252. The van der Waals surface area contributed by atoms with Gasteiger partial charge in [0, 0.05) is 13.1 Å². The maximum Gasteiger partial charge on any atom is 0.410 e. The van der Waals surface area contributed by atoms with Gasteiger partial charge in [-0.1, -0.05) is 5.01 Å². The minimum absolute atomic E-state index is 0.253. The molecule has 0 spiro atoms. The van der Waals surface area contributed by atoms with Crippen LogP contribution in [0.3, 0.4) is 0 Å². The van der Waals surface area contributed by atoms with Crippen LogP contribution in [0.25, 0.3) is 0 Å². The molecular weight excluding hydrogens is 338 g/mol. The zero-order valence-corrected chi connectivity index (χ0v) is 15.8. The van der Waals surface area contributed by atoms with E-state index >= 15 is 0 Å². The summed E-state index contributed by atoms with van der Waals surface area (Å²) in [7, 11) is 0. The summed E-state index contributed by atoms with van der Waals surface area (Å²) in [6, 6.07) is 0. The lowest BCUT2D eigenvalue weighted by Crippen LogP contribution is -2.57. The minimum Gasteiger partial charge on any atom is -0.444 e. The van der Waals surface area contributed by atoms with Crippen LogP contribution >= 0.6 is 0 Å². The monoisotopic (exact) mass is 366 g/mol. The molecule has 0 radical (unpaired) electrons. The Morgan fingerprint density at radius 1 is 1.38 bits per heavy atom. The highest BCUT2D eigenvalue weighted by Gasteiger charge is 2.58. The molecule has 0 aromatic carbocycles. The van der Waals surface area contributed by atoms with Crippen molar-refractivity contribution in [1.82, 2.24) is 9.91 Å². The third kappa shape index (κ3) is 3.59. The smallest absolute Gasteiger partial charge is 0.410 e. The first-order valence-electron chi connectivity index (χ1n) is 9.23. The van der Waals surface area contributed by atoms with Crippen molar-refractivity contribution in [3.63, 3.8) is 0 Å². The Bertz CT molecular complexity index is 634. The molecule has 1 unspecified atom stereocenters. The summed E-state index contributed by atoms with van der Waals surface area (Å²) >= 11 is 0. The Morgan fingerprint density at radius 2 is 2.08 bits per heavy atom. The van der Waals surface area contributed by atoms with Gasteiger partial charge in [0.1, 0.15) is 10.3 Å². The van der Waals surface area contributed by atoms with Gasteiger partial charge in [-0.2, -0.15) is 4.99 Å². The first-order valence-corrected chi connectivity index (χ1v) is 9.23. The van der Waals surface area contributed by atoms with Crippen molar-refractivity contribution in [2.45, 2.75) is 52.1 Å². The van der Waals surface area contributed by atoms with Gasteiger partial charge in [0.05, 0.1) is 25.7 Å². The molecule has 0 bridgehead atoms. The molecule has 3 aliphatic heterocycles. The van der Waals surface area contributed by atoms with Crippen LogP contribution < -0.4 is 0 Å². The standard InChI is InChI=1S/C17H28N5O4/c1-17(2,3)26-16(23)19-8-4-14(5-9-19)6-10-20-11-7-15-12-18-13-22(15,20)21(24)25/h12-14H,4-11H2,1-3H3/q+1. The van der Waals surface area contributed by atoms with Crippen molar-refractivity contribution in [3.8, 4) is 0 Å². The molecule has 0 saturated carbocycles. The van der Waals surface area contributed by atoms with E-state index in [9.17, 15) is 14.9 Å². The van der Waals surface area contributed by atoms with E-state index in [4.69, 9.17) is 4.74 Å². The molecule has 0 N–H and O–H groups in total. The van der Waals surface area contributed by atoms with E-state index in [2.05, 4.69) is 4.99 Å². The fourth-order valence-corrected chi connectivity index (χ4v) is 3.83. The molecule has 144 valence electrons. The number of carbonyl (C=O) groups is 1. The van der Waals surface area contributed by atoms with Crippen molar-refractivity contribution in [2.75, 3.05) is 26.2 Å². The van der Waals surface area contributed by atoms with Crippen LogP contribution in [-0.4, -0.2) is 63.9 Å². The quantitative estimate of drug-likeness (QED) is 0.433. The molecule has 0 aliphatic carbocycles. The molecule has 2 saturated heterocycles. The summed E-state index contributed by atoms with van der Waals surface area (Å²) in [6.07, 6.45) is 6.14. The van der Waals surface area contributed by atoms with Gasteiger partial charge in [0.15, 0.2) is 0 Å². The Labute approximate surface area is 153 Å². The number of fused-ring (bicyclic) bond motifs is 1. The Morgan fingerprint density at radius 3 is 2.69 bits per heavy atom. The Balaban J connectivity index is 1.49. The number of aliphatic imine (C=N–C) groups is 1. The number of amides is 1. The number of ether oxygens (including phenoxy) is 1. The van der Waals surface area contributed by atoms with E-state index in [1.807, 2.05) is 25.8 Å². The van der Waals surface area contributed by atoms with Crippen LogP contribution in [0.5, 0.6) is 0 Å². The van der Waals surface area contributed by atoms with Gasteiger partial charge in [-0.3, -0.25) is 0 Å². The second-order valence-corrected chi connectivity index (χ2v) is 8.18. The molecule has 3 heterocycles. The molecule has 3 aliphatic rings. The normalized spacial score (nSPS) is 26.7. The average molecular weight is 366 g/mol. The fraction of sp³-hybridized carbons (Fsp3) is 0.765. The summed E-state index contributed by atoms with van der Waals surface area (Å²) in [5.74, 6) is 0.466. The highest BCUT2D eigenvalue weighted by atomic mass is 16.7. The molecule has 3 rings (SSSR count). The van der Waals surface area contributed by atoms with Gasteiger partial charge in [-0.15, -0.1) is 0 Å². The van der Waals surface area contributed by atoms with Crippen LogP contribution in [0.1, 0.15) is 46.5 Å². The maximum absolute atomic E-state index is 12.1. The van der Waals surface area contributed by atoms with Crippen molar-refractivity contribution in [3.05, 3.63) is 22.0 Å². The van der Waals surface area contributed by atoms with Gasteiger partial charge in [-0.25, -0.2) is 14.9 Å². The lowest BCUT2D eigenvalue weighted by molar-refractivity contribution is -1.30. The highest BCUT2D eigenvalue weighted by Crippen LogP contribution is 2.34. The molecule has 0 aromatic rings. The summed E-state index contributed by atoms with van der Waals surface area (Å²) < 4.78 is 4.97. The van der Waals surface area contributed by atoms with Gasteiger partial charge in [0.25, 0.3) is 11.4 Å². The maximum atomic E-state index is 12.1. The van der Waals surface area contributed by atoms with Gasteiger partial charge < -0.3 is 9.64 Å². The van der Waals surface area contributed by atoms with Gasteiger partial charge in [0.2, 0.25) is 5.70 Å². The van der Waals surface area contributed by atoms with Crippen LogP contribution in [0.2, 0.25) is 0 Å². The van der Waals surface area contributed by atoms with Crippen LogP contribution in [0, 0.1) is 16.0 Å². The minimum atomic E-state index is -0.480. The molecule has 1 atom stereocenters. The predicted octanol–water partition coefficient (Wildman–Crippen LogP) is 2.54. The number of carbonyl (C=O) groups excluding carboxylic acids is 1. The van der Waals surface area contributed by atoms with Gasteiger partial charge >= 0.3 is 6.09 Å². The number of hydrogen-bond donors (Lipinski definition) is 0. The molecule has 1 amide bonds. The predicted molar refractivity (Wildman–Crippen MR) is 95.2 cm³/mol. The highest BCUT2D eigenvalue weighted by molar-refractivity contribution is 5.68. The zero-order valence-electron chi connectivity index (χ0n) is 15.8. The number of nitrogens with zero attached hydrogens (tertiary/aromatic N) is 5. The number of likely N-dealkylation sites (tertiary alicyclic amines) is 1. The number of nitro groups is 1. The fourth-order valence-electron chi connectivity index (χ4n) is 3.83. The second-order valence-electron chi connectivity index (χ2n) is 8.18. The van der Waals surface area contributed by atoms with Crippen molar-refractivity contribution >= 4 is 12.4 Å². The lowest BCUT2D eigenvalue weighted by atomic mass is 9.93. The lowest BCUT2D eigenvalue weighted by Gasteiger charge is -2.34. The van der Waals surface area contributed by atoms with E-state index in [0.29, 0.717) is 38.5 Å². The number of piperidine rings is 1. The second kappa shape index (κ2) is 6.96. The van der Waals surface area contributed by atoms with E-state index in [0.717, 1.165) is 25.0 Å². The van der Waals surface area contributed by atoms with Crippen molar-refractivity contribution in [1.29, 1.82) is 0 Å². The molecule has 26 heavy (non-hydrogen) atoms. The molecule has 9 heteroatoms. The Kier molecular flexibility index (Phi) is 5.03. The number of hydrogen-bond acceptors (Lipinski definition) is 6. The summed E-state index contributed by atoms with van der Waals surface area (Å²) in [6.45, 7) is 8.30. The topological polar surface area (TPSA) is 88.3 Å². The molecule has 0 aromatic heterocycles. The first-order chi connectivity index (χ1) is 12.2. The summed E-state index contributed by atoms with van der Waals surface area (Å²) in [4.78, 5) is 29.5. The zero-order chi connectivity index (χ0) is 18.9. The van der Waals surface area contributed by atoms with E-state index in [1.54, 1.807) is 11.1 Å². The SMILES string of the molecule is CC(C)(C)OC(=O)N1CCC(CCN2CCC3=CN=C[N+]32[N+](=O)[O-])CC1. The third-order valence-corrected chi connectivity index (χ3v) is 5.24. The summed E-state index contributed by atoms with van der Waals surface area (Å²) in [5, 5.41) is 13.2. The molecule has 2 fully saturated rings. The van der Waals surface area contributed by atoms with Crippen LogP contribution in [0.15, 0.2) is 16.9 Å². The third-order valence-electron chi connectivity index (χ3n) is 5.24. The van der Waals surface area contributed by atoms with E-state index in [-0.39, 0.29) is 11.1 Å². The largest absolute Gasteiger partial charge is 0.444 e. The molecule has 9 nitrogen and oxygen atoms in total. The van der Waals surface area contributed by atoms with Crippen molar-refractivity contribution in [2.24, 2.45) is 10.9 Å². The number of rotatable bonds is 4. The first kappa shape index (κ1) is 18.8. The van der Waals surface area contributed by atoms with E-state index in [1.165, 1.54) is 6.34 Å². The van der Waals surface area contributed by atoms with Crippen molar-refractivity contribution < 1.29 is 19.3 Å². The van der Waals surface area contributed by atoms with Crippen LogP contribution in [-0.2, 0) is 4.74 Å². The van der Waals surface area contributed by atoms with Gasteiger partial charge in [-0.05, 0) is 46.0 Å². The van der Waals surface area contributed by atoms with Crippen LogP contribution in [0.4, 0.5) is 4.79 Å².